The molecular weight excluding hydrogens is 341 g/mol. The standard InChI is InChI=1S/C15H23F3N4OS/c1-19-14(21-7-3-4-11-24-2)22-9-10-23-13-12(15(16,17)18)6-5-8-20-13/h5-6,8H,3-4,7,9-11H2,1-2H3,(H2,19,21,22). The zero-order chi connectivity index (χ0) is 17.8. The number of aliphatic imine (C=N–C) groups is 1. The van der Waals surface area contributed by atoms with Gasteiger partial charge in [0.15, 0.2) is 5.96 Å². The van der Waals surface area contributed by atoms with Gasteiger partial charge < -0.3 is 15.4 Å². The topological polar surface area (TPSA) is 58.5 Å². The van der Waals surface area contributed by atoms with E-state index in [2.05, 4.69) is 26.9 Å². The number of guanidine groups is 1. The molecule has 24 heavy (non-hydrogen) atoms. The Hall–Kier alpha value is -1.64. The van der Waals surface area contributed by atoms with Gasteiger partial charge in [-0.3, -0.25) is 4.99 Å². The monoisotopic (exact) mass is 364 g/mol. The lowest BCUT2D eigenvalue weighted by Gasteiger charge is -2.14. The molecule has 0 bridgehead atoms. The molecule has 5 nitrogen and oxygen atoms in total. The van der Waals surface area contributed by atoms with Crippen molar-refractivity contribution in [3.8, 4) is 5.88 Å². The average Bonchev–Trinajstić information content (AvgIpc) is 2.56. The Morgan fingerprint density at radius 2 is 2.04 bits per heavy atom. The van der Waals surface area contributed by atoms with Crippen LogP contribution in [0.2, 0.25) is 0 Å². The van der Waals surface area contributed by atoms with Crippen LogP contribution in [0.5, 0.6) is 5.88 Å². The van der Waals surface area contributed by atoms with Crippen molar-refractivity contribution in [2.45, 2.75) is 19.0 Å². The summed E-state index contributed by atoms with van der Waals surface area (Å²) in [6.45, 7) is 1.16. The number of halogens is 3. The smallest absolute Gasteiger partial charge is 0.421 e. The SMILES string of the molecule is CN=C(NCCCCSC)NCCOc1ncccc1C(F)(F)F. The molecule has 1 rings (SSSR count). The highest BCUT2D eigenvalue weighted by atomic mass is 32.2. The molecule has 0 aromatic carbocycles. The number of thioether (sulfide) groups is 1. The molecule has 0 atom stereocenters. The van der Waals surface area contributed by atoms with Crippen LogP contribution >= 0.6 is 11.8 Å². The first kappa shape index (κ1) is 20.4. The highest BCUT2D eigenvalue weighted by Gasteiger charge is 2.34. The Morgan fingerprint density at radius 1 is 1.29 bits per heavy atom. The summed E-state index contributed by atoms with van der Waals surface area (Å²) in [4.78, 5) is 7.69. The van der Waals surface area contributed by atoms with Gasteiger partial charge in [-0.05, 0) is 37.0 Å². The van der Waals surface area contributed by atoms with Crippen LogP contribution in [-0.4, -0.2) is 49.7 Å². The minimum atomic E-state index is -4.48. The lowest BCUT2D eigenvalue weighted by molar-refractivity contribution is -0.139. The fourth-order valence-electron chi connectivity index (χ4n) is 1.84. The number of unbranched alkanes of at least 4 members (excludes halogenated alkanes) is 1. The summed E-state index contributed by atoms with van der Waals surface area (Å²) in [5.74, 6) is 1.30. The first-order valence-electron chi connectivity index (χ1n) is 7.57. The van der Waals surface area contributed by atoms with Crippen LogP contribution in [0, 0.1) is 0 Å². The van der Waals surface area contributed by atoms with Crippen LogP contribution < -0.4 is 15.4 Å². The third-order valence-corrected chi connectivity index (χ3v) is 3.70. The van der Waals surface area contributed by atoms with Gasteiger partial charge in [0.2, 0.25) is 5.88 Å². The first-order chi connectivity index (χ1) is 11.5. The molecule has 0 aliphatic carbocycles. The summed E-state index contributed by atoms with van der Waals surface area (Å²) < 4.78 is 43.5. The van der Waals surface area contributed by atoms with Crippen LogP contribution in [0.15, 0.2) is 23.3 Å². The van der Waals surface area contributed by atoms with Gasteiger partial charge in [0.05, 0.1) is 6.54 Å². The van der Waals surface area contributed by atoms with E-state index in [1.807, 2.05) is 11.8 Å². The Kier molecular flexibility index (Phi) is 9.36. The van der Waals surface area contributed by atoms with Crippen LogP contribution in [0.25, 0.3) is 0 Å². The van der Waals surface area contributed by atoms with E-state index in [0.29, 0.717) is 12.5 Å². The minimum absolute atomic E-state index is 0.0489. The van der Waals surface area contributed by atoms with Gasteiger partial charge in [0.1, 0.15) is 12.2 Å². The van der Waals surface area contributed by atoms with Crippen molar-refractivity contribution in [3.63, 3.8) is 0 Å². The largest absolute Gasteiger partial charge is 0.475 e. The van der Waals surface area contributed by atoms with E-state index in [-0.39, 0.29) is 6.61 Å². The van der Waals surface area contributed by atoms with Crippen LogP contribution in [0.1, 0.15) is 18.4 Å². The van der Waals surface area contributed by atoms with E-state index in [1.165, 1.54) is 12.3 Å². The predicted octanol–water partition coefficient (Wildman–Crippen LogP) is 2.79. The summed E-state index contributed by atoms with van der Waals surface area (Å²) in [7, 11) is 1.64. The van der Waals surface area contributed by atoms with E-state index in [1.54, 1.807) is 7.05 Å². The van der Waals surface area contributed by atoms with Crippen molar-refractivity contribution < 1.29 is 17.9 Å². The molecule has 0 fully saturated rings. The fourth-order valence-corrected chi connectivity index (χ4v) is 2.33. The Labute approximate surface area is 144 Å². The second-order valence-electron chi connectivity index (χ2n) is 4.83. The lowest BCUT2D eigenvalue weighted by atomic mass is 10.2. The fraction of sp³-hybridized carbons (Fsp3) is 0.600. The number of alkyl halides is 3. The van der Waals surface area contributed by atoms with Gasteiger partial charge in [-0.2, -0.15) is 24.9 Å². The zero-order valence-corrected chi connectivity index (χ0v) is 14.6. The highest BCUT2D eigenvalue weighted by Crippen LogP contribution is 2.34. The van der Waals surface area contributed by atoms with Crippen molar-refractivity contribution in [3.05, 3.63) is 23.9 Å². The zero-order valence-electron chi connectivity index (χ0n) is 13.8. The summed E-state index contributed by atoms with van der Waals surface area (Å²) in [6.07, 6.45) is 1.01. The number of aromatic nitrogens is 1. The minimum Gasteiger partial charge on any atom is -0.475 e. The molecule has 136 valence electrons. The van der Waals surface area contributed by atoms with Crippen molar-refractivity contribution in [2.75, 3.05) is 38.8 Å². The van der Waals surface area contributed by atoms with Gasteiger partial charge >= 0.3 is 6.18 Å². The van der Waals surface area contributed by atoms with E-state index in [9.17, 15) is 13.2 Å². The van der Waals surface area contributed by atoms with Crippen LogP contribution in [-0.2, 0) is 6.18 Å². The van der Waals surface area contributed by atoms with Crippen molar-refractivity contribution >= 4 is 17.7 Å². The third kappa shape index (κ3) is 7.76. The number of nitrogens with one attached hydrogen (secondary N) is 2. The molecule has 9 heteroatoms. The second-order valence-corrected chi connectivity index (χ2v) is 5.81. The number of nitrogens with zero attached hydrogens (tertiary/aromatic N) is 2. The Morgan fingerprint density at radius 3 is 2.71 bits per heavy atom. The van der Waals surface area contributed by atoms with Crippen LogP contribution in [0.3, 0.4) is 0 Å². The van der Waals surface area contributed by atoms with Gasteiger partial charge in [-0.1, -0.05) is 0 Å². The van der Waals surface area contributed by atoms with Gasteiger partial charge in [-0.25, -0.2) is 4.98 Å². The molecule has 0 aliphatic rings. The normalized spacial score (nSPS) is 12.1. The second kappa shape index (κ2) is 11.0. The van der Waals surface area contributed by atoms with E-state index in [0.717, 1.165) is 31.2 Å². The predicted molar refractivity (Wildman–Crippen MR) is 91.7 cm³/mol. The summed E-state index contributed by atoms with van der Waals surface area (Å²) in [5.41, 5.74) is -0.874. The maximum Gasteiger partial charge on any atom is 0.421 e. The van der Waals surface area contributed by atoms with E-state index in [4.69, 9.17) is 4.74 Å². The van der Waals surface area contributed by atoms with Crippen LogP contribution in [0.4, 0.5) is 13.2 Å². The number of hydrogen-bond donors (Lipinski definition) is 2. The molecule has 0 unspecified atom stereocenters. The number of pyridine rings is 1. The van der Waals surface area contributed by atoms with E-state index >= 15 is 0 Å². The lowest BCUT2D eigenvalue weighted by Crippen LogP contribution is -2.39. The van der Waals surface area contributed by atoms with Crippen molar-refractivity contribution in [1.29, 1.82) is 0 Å². The molecule has 0 saturated heterocycles. The molecular formula is C15H23F3N4OS. The molecule has 1 heterocycles. The molecule has 1 aromatic rings. The van der Waals surface area contributed by atoms with Gasteiger partial charge in [0.25, 0.3) is 0 Å². The number of hydrogen-bond acceptors (Lipinski definition) is 4. The molecule has 0 radical (unpaired) electrons. The number of rotatable bonds is 9. The van der Waals surface area contributed by atoms with Crippen molar-refractivity contribution in [2.24, 2.45) is 4.99 Å². The number of ether oxygens (including phenoxy) is 1. The van der Waals surface area contributed by atoms with E-state index < -0.39 is 17.6 Å². The highest BCUT2D eigenvalue weighted by molar-refractivity contribution is 7.98. The molecule has 0 spiro atoms. The quantitative estimate of drug-likeness (QED) is 0.401. The average molecular weight is 364 g/mol. The van der Waals surface area contributed by atoms with Crippen molar-refractivity contribution in [1.82, 2.24) is 15.6 Å². The van der Waals surface area contributed by atoms with Gasteiger partial charge in [0, 0.05) is 19.8 Å². The maximum absolute atomic E-state index is 12.8. The maximum atomic E-state index is 12.8. The molecule has 0 aliphatic heterocycles. The Bertz CT molecular complexity index is 512. The van der Waals surface area contributed by atoms with Gasteiger partial charge in [-0.15, -0.1) is 0 Å². The first-order valence-corrected chi connectivity index (χ1v) is 8.97. The molecule has 0 amide bonds. The summed E-state index contributed by atoms with van der Waals surface area (Å²) in [6, 6.07) is 2.18. The Balaban J connectivity index is 2.32. The third-order valence-electron chi connectivity index (χ3n) is 3.00. The summed E-state index contributed by atoms with van der Waals surface area (Å²) >= 11 is 1.81. The molecule has 0 saturated carbocycles. The summed E-state index contributed by atoms with van der Waals surface area (Å²) in [5, 5.41) is 6.13. The molecule has 2 N–H and O–H groups in total. The molecule has 1 aromatic heterocycles.